The van der Waals surface area contributed by atoms with Gasteiger partial charge in [-0.2, -0.15) is 5.26 Å². The van der Waals surface area contributed by atoms with E-state index in [2.05, 4.69) is 10.6 Å². The molecule has 26 heavy (non-hydrogen) atoms. The summed E-state index contributed by atoms with van der Waals surface area (Å²) in [7, 11) is 0. The Morgan fingerprint density at radius 1 is 1.19 bits per heavy atom. The maximum atomic E-state index is 12.2. The topological polar surface area (TPSA) is 83.4 Å². The van der Waals surface area contributed by atoms with Crippen molar-refractivity contribution in [1.29, 1.82) is 5.26 Å². The fraction of sp³-hybridized carbons (Fsp3) is 0.111. The van der Waals surface area contributed by atoms with Crippen molar-refractivity contribution < 1.29 is 14.3 Å². The summed E-state index contributed by atoms with van der Waals surface area (Å²) in [6, 6.07) is 12.0. The second-order valence-corrected chi connectivity index (χ2v) is 6.16. The zero-order chi connectivity index (χ0) is 18.5. The predicted octanol–water partition coefficient (Wildman–Crippen LogP) is 3.86. The van der Waals surface area contributed by atoms with Crippen LogP contribution in [0, 0.1) is 11.3 Å². The smallest absolute Gasteiger partial charge is 0.267 e. The lowest BCUT2D eigenvalue weighted by atomic mass is 10.2. The summed E-state index contributed by atoms with van der Waals surface area (Å²) in [5, 5.41) is 15.5. The summed E-state index contributed by atoms with van der Waals surface area (Å²) in [4.78, 5) is 12.2. The van der Waals surface area contributed by atoms with Gasteiger partial charge in [0.05, 0.1) is 10.7 Å². The van der Waals surface area contributed by atoms with Crippen LogP contribution < -0.4 is 20.1 Å². The first kappa shape index (κ1) is 17.9. The highest BCUT2D eigenvalue weighted by molar-refractivity contribution is 6.36. The quantitative estimate of drug-likeness (QED) is 0.599. The lowest BCUT2D eigenvalue weighted by molar-refractivity contribution is -0.112. The predicted molar refractivity (Wildman–Crippen MR) is 98.2 cm³/mol. The highest BCUT2D eigenvalue weighted by Crippen LogP contribution is 2.32. The van der Waals surface area contributed by atoms with E-state index in [-0.39, 0.29) is 17.4 Å². The fourth-order valence-electron chi connectivity index (χ4n) is 2.25. The van der Waals surface area contributed by atoms with E-state index in [0.717, 1.165) is 5.56 Å². The molecule has 0 saturated carbocycles. The van der Waals surface area contributed by atoms with E-state index >= 15 is 0 Å². The van der Waals surface area contributed by atoms with Crippen LogP contribution in [0.5, 0.6) is 11.5 Å². The number of ether oxygens (including phenoxy) is 2. The highest BCUT2D eigenvalue weighted by Gasteiger charge is 2.14. The van der Waals surface area contributed by atoms with Gasteiger partial charge in [-0.3, -0.25) is 4.79 Å². The highest BCUT2D eigenvalue weighted by atomic mass is 35.5. The van der Waals surface area contributed by atoms with E-state index in [4.69, 9.17) is 32.7 Å². The lowest BCUT2D eigenvalue weighted by Gasteiger charge is -2.07. The molecule has 1 amide bonds. The normalized spacial score (nSPS) is 12.4. The molecule has 2 aromatic rings. The molecular formula is C18H13Cl2N3O3. The molecule has 0 aliphatic carbocycles. The first-order chi connectivity index (χ1) is 12.6. The van der Waals surface area contributed by atoms with Crippen LogP contribution in [0.4, 0.5) is 5.69 Å². The van der Waals surface area contributed by atoms with Crippen LogP contribution in [0.15, 0.2) is 48.2 Å². The zero-order valence-electron chi connectivity index (χ0n) is 13.4. The van der Waals surface area contributed by atoms with Gasteiger partial charge in [0.15, 0.2) is 11.5 Å². The summed E-state index contributed by atoms with van der Waals surface area (Å²) in [5.41, 5.74) is 1.21. The number of rotatable bonds is 5. The average molecular weight is 390 g/mol. The number of benzene rings is 2. The molecule has 6 nitrogen and oxygen atoms in total. The minimum Gasteiger partial charge on any atom is -0.454 e. The summed E-state index contributed by atoms with van der Waals surface area (Å²) < 4.78 is 10.6. The SMILES string of the molecule is N#C/C(=C/NCc1ccc2c(c1)OCO2)C(=O)Nc1ccc(Cl)cc1Cl. The number of nitrogens with one attached hydrogen (secondary N) is 2. The Kier molecular flexibility index (Phi) is 5.52. The van der Waals surface area contributed by atoms with Gasteiger partial charge in [-0.05, 0) is 35.9 Å². The Morgan fingerprint density at radius 2 is 2.00 bits per heavy atom. The first-order valence-corrected chi connectivity index (χ1v) is 8.31. The monoisotopic (exact) mass is 389 g/mol. The molecule has 0 atom stereocenters. The number of amides is 1. The third kappa shape index (κ3) is 4.20. The molecule has 1 heterocycles. The molecule has 3 rings (SSSR count). The van der Waals surface area contributed by atoms with Gasteiger partial charge in [0, 0.05) is 17.8 Å². The van der Waals surface area contributed by atoms with Crippen molar-refractivity contribution in [3.63, 3.8) is 0 Å². The van der Waals surface area contributed by atoms with Crippen LogP contribution in [0.1, 0.15) is 5.56 Å². The van der Waals surface area contributed by atoms with Gasteiger partial charge < -0.3 is 20.1 Å². The number of hydrogen-bond donors (Lipinski definition) is 2. The molecule has 2 aromatic carbocycles. The van der Waals surface area contributed by atoms with Crippen molar-refractivity contribution >= 4 is 34.8 Å². The van der Waals surface area contributed by atoms with Crippen molar-refractivity contribution in [1.82, 2.24) is 5.32 Å². The van der Waals surface area contributed by atoms with E-state index in [0.29, 0.717) is 28.8 Å². The number of carbonyl (C=O) groups is 1. The van der Waals surface area contributed by atoms with Crippen LogP contribution in [-0.2, 0) is 11.3 Å². The van der Waals surface area contributed by atoms with E-state index < -0.39 is 5.91 Å². The summed E-state index contributed by atoms with van der Waals surface area (Å²) in [6.07, 6.45) is 1.35. The molecule has 132 valence electrons. The van der Waals surface area contributed by atoms with Crippen molar-refractivity contribution in [2.24, 2.45) is 0 Å². The van der Waals surface area contributed by atoms with E-state index in [9.17, 15) is 10.1 Å². The van der Waals surface area contributed by atoms with Crippen LogP contribution in [-0.4, -0.2) is 12.7 Å². The van der Waals surface area contributed by atoms with E-state index in [1.807, 2.05) is 24.3 Å². The Morgan fingerprint density at radius 3 is 2.77 bits per heavy atom. The summed E-state index contributed by atoms with van der Waals surface area (Å²) in [6.45, 7) is 0.620. The molecule has 0 spiro atoms. The number of nitriles is 1. The number of hydrogen-bond acceptors (Lipinski definition) is 5. The molecule has 0 aromatic heterocycles. The van der Waals surface area contributed by atoms with Crippen LogP contribution in [0.2, 0.25) is 10.0 Å². The molecule has 8 heteroatoms. The van der Waals surface area contributed by atoms with Crippen molar-refractivity contribution in [2.75, 3.05) is 12.1 Å². The van der Waals surface area contributed by atoms with Crippen molar-refractivity contribution in [3.8, 4) is 17.6 Å². The molecule has 0 radical (unpaired) electrons. The van der Waals surface area contributed by atoms with E-state index in [1.54, 1.807) is 12.1 Å². The third-order valence-electron chi connectivity index (χ3n) is 3.53. The van der Waals surface area contributed by atoms with Crippen LogP contribution in [0.3, 0.4) is 0 Å². The largest absolute Gasteiger partial charge is 0.454 e. The van der Waals surface area contributed by atoms with Gasteiger partial charge in [0.2, 0.25) is 6.79 Å². The molecule has 0 unspecified atom stereocenters. The lowest BCUT2D eigenvalue weighted by Crippen LogP contribution is -2.16. The second kappa shape index (κ2) is 8.00. The molecule has 1 aliphatic heterocycles. The standard InChI is InChI=1S/C18H13Cl2N3O3/c19-13-2-3-15(14(20)6-13)23-18(24)12(7-21)9-22-8-11-1-4-16-17(5-11)26-10-25-16/h1-6,9,22H,8,10H2,(H,23,24)/b12-9-. The Bertz CT molecular complexity index is 922. The molecule has 0 bridgehead atoms. The third-order valence-corrected chi connectivity index (χ3v) is 4.08. The second-order valence-electron chi connectivity index (χ2n) is 5.32. The van der Waals surface area contributed by atoms with Gasteiger partial charge >= 0.3 is 0 Å². The van der Waals surface area contributed by atoms with Crippen LogP contribution in [0.25, 0.3) is 0 Å². The maximum Gasteiger partial charge on any atom is 0.267 e. The number of carbonyl (C=O) groups excluding carboxylic acids is 1. The van der Waals surface area contributed by atoms with Gasteiger partial charge in [0.1, 0.15) is 11.6 Å². The number of halogens is 2. The van der Waals surface area contributed by atoms with Gasteiger partial charge in [0.25, 0.3) is 5.91 Å². The van der Waals surface area contributed by atoms with Crippen molar-refractivity contribution in [3.05, 3.63) is 63.8 Å². The molecular weight excluding hydrogens is 377 g/mol. The van der Waals surface area contributed by atoms with Gasteiger partial charge in [-0.15, -0.1) is 0 Å². The van der Waals surface area contributed by atoms with Gasteiger partial charge in [-0.1, -0.05) is 29.3 Å². The molecule has 2 N–H and O–H groups in total. The molecule has 0 saturated heterocycles. The number of anilines is 1. The summed E-state index contributed by atoms with van der Waals surface area (Å²) >= 11 is 11.8. The number of fused-ring (bicyclic) bond motifs is 1. The Hall–Kier alpha value is -2.88. The minimum absolute atomic E-state index is 0.0863. The number of nitrogens with zero attached hydrogens (tertiary/aromatic N) is 1. The average Bonchev–Trinajstić information content (AvgIpc) is 3.09. The molecule has 1 aliphatic rings. The first-order valence-electron chi connectivity index (χ1n) is 7.55. The summed E-state index contributed by atoms with van der Waals surface area (Å²) in [5.74, 6) is 0.792. The Labute approximate surface area is 159 Å². The zero-order valence-corrected chi connectivity index (χ0v) is 14.9. The Balaban J connectivity index is 1.62. The van der Waals surface area contributed by atoms with Crippen molar-refractivity contribution in [2.45, 2.75) is 6.54 Å². The van der Waals surface area contributed by atoms with Gasteiger partial charge in [-0.25, -0.2) is 0 Å². The maximum absolute atomic E-state index is 12.2. The van der Waals surface area contributed by atoms with E-state index in [1.165, 1.54) is 12.3 Å². The molecule has 0 fully saturated rings. The fourth-order valence-corrected chi connectivity index (χ4v) is 2.71. The van der Waals surface area contributed by atoms with Crippen LogP contribution >= 0.6 is 23.2 Å². The minimum atomic E-state index is -0.574.